The Balaban J connectivity index is 1.71. The largest absolute Gasteiger partial charge is 0.396 e. The van der Waals surface area contributed by atoms with Gasteiger partial charge in [-0.1, -0.05) is 12.1 Å². The average Bonchev–Trinajstić information content (AvgIpc) is 2.96. The minimum Gasteiger partial charge on any atom is -0.396 e. The average molecular weight is 295 g/mol. The van der Waals surface area contributed by atoms with Crippen molar-refractivity contribution in [3.8, 4) is 0 Å². The summed E-state index contributed by atoms with van der Waals surface area (Å²) in [5.74, 6) is 0.947. The number of carbonyl (C=O) groups excluding carboxylic acids is 1. The number of hydrogen-bond donors (Lipinski definition) is 2. The first-order valence-corrected chi connectivity index (χ1v) is 7.80. The highest BCUT2D eigenvalue weighted by atomic mass is 16.5. The minimum atomic E-state index is -0.183. The van der Waals surface area contributed by atoms with Crippen molar-refractivity contribution in [1.82, 2.24) is 15.4 Å². The monoisotopic (exact) mass is 295 g/mol. The number of hydrogen-bond acceptors (Lipinski definition) is 5. The summed E-state index contributed by atoms with van der Waals surface area (Å²) in [6.07, 6.45) is 3.98. The van der Waals surface area contributed by atoms with Gasteiger partial charge in [-0.15, -0.1) is 0 Å². The Hall–Kier alpha value is -1.40. The highest BCUT2D eigenvalue weighted by molar-refractivity contribution is 5.92. The summed E-state index contributed by atoms with van der Waals surface area (Å²) < 4.78 is 5.10. The fourth-order valence-corrected chi connectivity index (χ4v) is 2.71. The Bertz CT molecular complexity index is 447. The van der Waals surface area contributed by atoms with E-state index in [1.165, 1.54) is 0 Å². The van der Waals surface area contributed by atoms with Crippen molar-refractivity contribution in [3.63, 3.8) is 0 Å². The number of nitrogens with zero attached hydrogens (tertiary/aromatic N) is 2. The van der Waals surface area contributed by atoms with Crippen LogP contribution in [0.2, 0.25) is 0 Å². The molecule has 1 aromatic rings. The van der Waals surface area contributed by atoms with Crippen LogP contribution < -0.4 is 5.32 Å². The van der Waals surface area contributed by atoms with Crippen LogP contribution in [0.5, 0.6) is 0 Å². The van der Waals surface area contributed by atoms with Crippen LogP contribution in [-0.4, -0.2) is 53.9 Å². The Morgan fingerprint density at radius 3 is 3.24 bits per heavy atom. The number of aryl methyl sites for hydroxylation is 1. The van der Waals surface area contributed by atoms with E-state index in [9.17, 15) is 9.90 Å². The first-order chi connectivity index (χ1) is 10.2. The first kappa shape index (κ1) is 16.0. The molecule has 6 heteroatoms. The number of rotatable bonds is 7. The maximum absolute atomic E-state index is 11.9. The third kappa shape index (κ3) is 4.82. The number of carbonyl (C=O) groups is 1. The molecule has 0 saturated carbocycles. The van der Waals surface area contributed by atoms with Gasteiger partial charge in [-0.05, 0) is 31.7 Å². The Labute approximate surface area is 125 Å². The van der Waals surface area contributed by atoms with E-state index in [2.05, 4.69) is 22.3 Å². The van der Waals surface area contributed by atoms with Crippen molar-refractivity contribution < 1.29 is 14.4 Å². The number of piperidine rings is 1. The zero-order valence-electron chi connectivity index (χ0n) is 12.7. The molecule has 0 unspecified atom stereocenters. The van der Waals surface area contributed by atoms with Gasteiger partial charge >= 0.3 is 0 Å². The number of aromatic nitrogens is 1. The van der Waals surface area contributed by atoms with Gasteiger partial charge in [0, 0.05) is 38.7 Å². The lowest BCUT2D eigenvalue weighted by Crippen LogP contribution is -2.41. The van der Waals surface area contributed by atoms with Crippen LogP contribution >= 0.6 is 0 Å². The van der Waals surface area contributed by atoms with Crippen molar-refractivity contribution in [1.29, 1.82) is 0 Å². The van der Waals surface area contributed by atoms with Gasteiger partial charge in [-0.25, -0.2) is 0 Å². The molecule has 0 bridgehead atoms. The second-order valence-corrected chi connectivity index (χ2v) is 5.68. The lowest BCUT2D eigenvalue weighted by molar-refractivity contribution is 0.0922. The quantitative estimate of drug-likeness (QED) is 0.786. The lowest BCUT2D eigenvalue weighted by Gasteiger charge is -2.31. The number of aliphatic hydroxyl groups is 1. The van der Waals surface area contributed by atoms with Crippen molar-refractivity contribution in [3.05, 3.63) is 17.5 Å². The predicted octanol–water partition coefficient (Wildman–Crippen LogP) is 1.06. The summed E-state index contributed by atoms with van der Waals surface area (Å²) in [5.41, 5.74) is 0.352. The fourth-order valence-electron chi connectivity index (χ4n) is 2.71. The highest BCUT2D eigenvalue weighted by Gasteiger charge is 2.19. The number of likely N-dealkylation sites (tertiary alicyclic amines) is 1. The van der Waals surface area contributed by atoms with Crippen LogP contribution in [0.25, 0.3) is 0 Å². The smallest absolute Gasteiger partial charge is 0.273 e. The van der Waals surface area contributed by atoms with E-state index in [1.54, 1.807) is 6.07 Å². The maximum Gasteiger partial charge on any atom is 0.273 e. The molecule has 21 heavy (non-hydrogen) atoms. The topological polar surface area (TPSA) is 78.6 Å². The van der Waals surface area contributed by atoms with E-state index in [-0.39, 0.29) is 12.5 Å². The Morgan fingerprint density at radius 2 is 2.48 bits per heavy atom. The van der Waals surface area contributed by atoms with Gasteiger partial charge < -0.3 is 19.8 Å². The van der Waals surface area contributed by atoms with Crippen LogP contribution in [-0.2, 0) is 6.42 Å². The number of amides is 1. The van der Waals surface area contributed by atoms with Gasteiger partial charge in [0.15, 0.2) is 5.69 Å². The molecule has 2 heterocycles. The van der Waals surface area contributed by atoms with Crippen molar-refractivity contribution >= 4 is 5.91 Å². The fraction of sp³-hybridized carbons (Fsp3) is 0.733. The van der Waals surface area contributed by atoms with E-state index in [0.717, 1.165) is 51.1 Å². The van der Waals surface area contributed by atoms with E-state index in [0.29, 0.717) is 18.2 Å². The molecule has 1 saturated heterocycles. The molecule has 1 atom stereocenters. The molecule has 118 valence electrons. The van der Waals surface area contributed by atoms with Crippen LogP contribution in [0, 0.1) is 5.92 Å². The summed E-state index contributed by atoms with van der Waals surface area (Å²) in [6.45, 7) is 5.66. The molecule has 6 nitrogen and oxygen atoms in total. The van der Waals surface area contributed by atoms with Gasteiger partial charge in [0.2, 0.25) is 0 Å². The van der Waals surface area contributed by atoms with Crippen molar-refractivity contribution in [2.45, 2.75) is 32.6 Å². The van der Waals surface area contributed by atoms with Gasteiger partial charge in [-0.2, -0.15) is 0 Å². The molecule has 1 fully saturated rings. The number of nitrogens with one attached hydrogen (secondary N) is 1. The molecule has 1 aromatic heterocycles. The number of aliphatic hydroxyl groups excluding tert-OH is 1. The van der Waals surface area contributed by atoms with Crippen LogP contribution in [0.15, 0.2) is 10.6 Å². The Kier molecular flexibility index (Phi) is 6.20. The maximum atomic E-state index is 11.9. The van der Waals surface area contributed by atoms with Crippen LogP contribution in [0.1, 0.15) is 42.4 Å². The van der Waals surface area contributed by atoms with Gasteiger partial charge in [-0.3, -0.25) is 4.79 Å². The molecular weight excluding hydrogens is 270 g/mol. The second-order valence-electron chi connectivity index (χ2n) is 5.68. The summed E-state index contributed by atoms with van der Waals surface area (Å²) >= 11 is 0. The van der Waals surface area contributed by atoms with E-state index < -0.39 is 0 Å². The third-order valence-corrected chi connectivity index (χ3v) is 3.86. The SMILES string of the molecule is CCCc1cc(C(=O)NCCN2CCC[C@@H](CO)C2)no1. The van der Waals surface area contributed by atoms with Gasteiger partial charge in [0.05, 0.1) is 0 Å². The van der Waals surface area contributed by atoms with Crippen molar-refractivity contribution in [2.24, 2.45) is 5.92 Å². The molecule has 2 N–H and O–H groups in total. The summed E-state index contributed by atoms with van der Waals surface area (Å²) in [6, 6.07) is 1.71. The summed E-state index contributed by atoms with van der Waals surface area (Å²) in [7, 11) is 0. The minimum absolute atomic E-state index is 0.183. The standard InChI is InChI=1S/C15H25N3O3/c1-2-4-13-9-14(17-21-13)15(20)16-6-8-18-7-3-5-12(10-18)11-19/h9,12,19H,2-8,10-11H2,1H3,(H,16,20)/t12-/m1/s1. The molecule has 1 aliphatic rings. The highest BCUT2D eigenvalue weighted by Crippen LogP contribution is 2.15. The van der Waals surface area contributed by atoms with Crippen LogP contribution in [0.3, 0.4) is 0 Å². The zero-order chi connectivity index (χ0) is 15.1. The van der Waals surface area contributed by atoms with Crippen molar-refractivity contribution in [2.75, 3.05) is 32.8 Å². The van der Waals surface area contributed by atoms with E-state index >= 15 is 0 Å². The normalized spacial score (nSPS) is 19.6. The Morgan fingerprint density at radius 1 is 1.62 bits per heavy atom. The van der Waals surface area contributed by atoms with Gasteiger partial charge in [0.25, 0.3) is 5.91 Å². The molecule has 0 spiro atoms. The molecular formula is C15H25N3O3. The molecule has 1 amide bonds. The first-order valence-electron chi connectivity index (χ1n) is 7.80. The summed E-state index contributed by atoms with van der Waals surface area (Å²) in [5, 5.41) is 15.9. The zero-order valence-corrected chi connectivity index (χ0v) is 12.7. The van der Waals surface area contributed by atoms with Gasteiger partial charge in [0.1, 0.15) is 5.76 Å². The predicted molar refractivity (Wildman–Crippen MR) is 79.1 cm³/mol. The third-order valence-electron chi connectivity index (χ3n) is 3.86. The molecule has 0 aliphatic carbocycles. The van der Waals surface area contributed by atoms with Crippen LogP contribution in [0.4, 0.5) is 0 Å². The molecule has 2 rings (SSSR count). The van der Waals surface area contributed by atoms with E-state index in [1.807, 2.05) is 0 Å². The molecule has 1 aliphatic heterocycles. The second kappa shape index (κ2) is 8.14. The van der Waals surface area contributed by atoms with E-state index in [4.69, 9.17) is 4.52 Å². The molecule has 0 radical (unpaired) electrons. The lowest BCUT2D eigenvalue weighted by atomic mass is 9.99. The summed E-state index contributed by atoms with van der Waals surface area (Å²) in [4.78, 5) is 14.2. The molecule has 0 aromatic carbocycles.